The Morgan fingerprint density at radius 1 is 1.03 bits per heavy atom. The number of hydrogen-bond donors (Lipinski definition) is 0. The molecule has 0 atom stereocenters. The van der Waals surface area contributed by atoms with E-state index in [-0.39, 0.29) is 5.82 Å². The molecule has 0 unspecified atom stereocenters. The Bertz CT molecular complexity index is 1100. The molecule has 0 bridgehead atoms. The van der Waals surface area contributed by atoms with Crippen LogP contribution >= 0.6 is 0 Å². The Hall–Kier alpha value is -3.25. The molecule has 0 radical (unpaired) electrons. The highest BCUT2D eigenvalue weighted by Crippen LogP contribution is 2.30. The van der Waals surface area contributed by atoms with Gasteiger partial charge in [-0.15, -0.1) is 0 Å². The number of aromatic nitrogens is 2. The van der Waals surface area contributed by atoms with Crippen LogP contribution in [-0.2, 0) is 6.54 Å². The molecule has 0 aliphatic carbocycles. The van der Waals surface area contributed by atoms with Gasteiger partial charge in [0.1, 0.15) is 23.0 Å². The number of rotatable bonds is 6. The van der Waals surface area contributed by atoms with Crippen molar-refractivity contribution in [2.75, 3.05) is 13.6 Å². The van der Waals surface area contributed by atoms with Crippen molar-refractivity contribution in [1.82, 2.24) is 14.7 Å². The van der Waals surface area contributed by atoms with Crippen LogP contribution in [0.4, 0.5) is 8.78 Å². The zero-order valence-corrected chi connectivity index (χ0v) is 16.3. The van der Waals surface area contributed by atoms with Gasteiger partial charge in [0.05, 0.1) is 12.5 Å². The molecule has 6 heteroatoms. The molecule has 0 fully saturated rings. The lowest BCUT2D eigenvalue weighted by molar-refractivity contribution is 0.346. The second kappa shape index (κ2) is 8.01. The maximum atomic E-state index is 15.1. The van der Waals surface area contributed by atoms with Gasteiger partial charge in [-0.1, -0.05) is 25.1 Å². The van der Waals surface area contributed by atoms with Crippen molar-refractivity contribution < 1.29 is 13.2 Å². The van der Waals surface area contributed by atoms with Gasteiger partial charge in [-0.05, 0) is 61.1 Å². The molecule has 4 aromatic rings. The first-order chi connectivity index (χ1) is 14.1. The zero-order chi connectivity index (χ0) is 20.4. The summed E-state index contributed by atoms with van der Waals surface area (Å²) in [5.74, 6) is -0.114. The van der Waals surface area contributed by atoms with Crippen molar-refractivity contribution in [1.29, 1.82) is 0 Å². The molecule has 29 heavy (non-hydrogen) atoms. The summed E-state index contributed by atoms with van der Waals surface area (Å²) >= 11 is 0. The average molecular weight is 393 g/mol. The summed E-state index contributed by atoms with van der Waals surface area (Å²) in [5.41, 5.74) is 3.42. The summed E-state index contributed by atoms with van der Waals surface area (Å²) in [5, 5.41) is 4.44. The summed E-state index contributed by atoms with van der Waals surface area (Å²) in [7, 11) is 2.02. The van der Waals surface area contributed by atoms with E-state index in [2.05, 4.69) is 16.9 Å². The maximum absolute atomic E-state index is 15.1. The predicted octanol–water partition coefficient (Wildman–Crippen LogP) is 5.53. The Balaban J connectivity index is 1.77. The van der Waals surface area contributed by atoms with Gasteiger partial charge in [-0.2, -0.15) is 5.10 Å². The molecule has 0 spiro atoms. The van der Waals surface area contributed by atoms with Crippen molar-refractivity contribution in [3.63, 3.8) is 0 Å². The van der Waals surface area contributed by atoms with Gasteiger partial charge in [0.25, 0.3) is 0 Å². The minimum atomic E-state index is -0.418. The molecular formula is C23H21F2N3O. The first kappa shape index (κ1) is 19.1. The number of nitrogens with zero attached hydrogens (tertiary/aromatic N) is 3. The van der Waals surface area contributed by atoms with Gasteiger partial charge < -0.3 is 9.32 Å². The fraction of sp³-hybridized carbons (Fsp3) is 0.174. The molecule has 2 heterocycles. The first-order valence-corrected chi connectivity index (χ1v) is 9.42. The van der Waals surface area contributed by atoms with E-state index in [1.807, 2.05) is 13.1 Å². The molecule has 0 aliphatic rings. The Labute approximate surface area is 168 Å². The molecule has 2 aromatic heterocycles. The van der Waals surface area contributed by atoms with E-state index in [1.54, 1.807) is 47.5 Å². The molecule has 0 aliphatic heterocycles. The molecule has 148 valence electrons. The largest absolute Gasteiger partial charge is 0.463 e. The topological polar surface area (TPSA) is 34.2 Å². The van der Waals surface area contributed by atoms with E-state index in [9.17, 15) is 4.39 Å². The Morgan fingerprint density at radius 3 is 2.45 bits per heavy atom. The second-order valence-corrected chi connectivity index (χ2v) is 6.91. The Kier molecular flexibility index (Phi) is 5.27. The van der Waals surface area contributed by atoms with E-state index in [0.29, 0.717) is 23.6 Å². The lowest BCUT2D eigenvalue weighted by Gasteiger charge is -2.14. The fourth-order valence-corrected chi connectivity index (χ4v) is 3.26. The number of furan rings is 1. The fourth-order valence-electron chi connectivity index (χ4n) is 3.26. The molecular weight excluding hydrogens is 372 g/mol. The third kappa shape index (κ3) is 3.84. The number of benzene rings is 2. The SMILES string of the molecule is CCN(C)Cc1cnn(-c2ccc(-c3ccc(F)cc3)cc2F)c1-c1ccco1. The van der Waals surface area contributed by atoms with Gasteiger partial charge in [0, 0.05) is 12.1 Å². The summed E-state index contributed by atoms with van der Waals surface area (Å²) in [4.78, 5) is 2.14. The third-order valence-electron chi connectivity index (χ3n) is 4.93. The van der Waals surface area contributed by atoms with Gasteiger partial charge in [-0.25, -0.2) is 13.5 Å². The smallest absolute Gasteiger partial charge is 0.152 e. The van der Waals surface area contributed by atoms with Crippen molar-refractivity contribution in [3.8, 4) is 28.3 Å². The molecule has 0 N–H and O–H groups in total. The highest BCUT2D eigenvalue weighted by Gasteiger charge is 2.20. The van der Waals surface area contributed by atoms with E-state index < -0.39 is 5.82 Å². The van der Waals surface area contributed by atoms with Crippen molar-refractivity contribution in [3.05, 3.63) is 84.3 Å². The number of hydrogen-bond acceptors (Lipinski definition) is 3. The lowest BCUT2D eigenvalue weighted by atomic mass is 10.0. The molecule has 0 amide bonds. The number of halogens is 2. The maximum Gasteiger partial charge on any atom is 0.152 e. The Morgan fingerprint density at radius 2 is 1.79 bits per heavy atom. The lowest BCUT2D eigenvalue weighted by Crippen LogP contribution is -2.17. The van der Waals surface area contributed by atoms with Gasteiger partial charge in [0.15, 0.2) is 5.76 Å². The molecule has 4 nitrogen and oxygen atoms in total. The third-order valence-corrected chi connectivity index (χ3v) is 4.93. The van der Waals surface area contributed by atoms with Crippen molar-refractivity contribution >= 4 is 0 Å². The van der Waals surface area contributed by atoms with Gasteiger partial charge >= 0.3 is 0 Å². The molecule has 0 saturated carbocycles. The second-order valence-electron chi connectivity index (χ2n) is 6.91. The normalized spacial score (nSPS) is 11.3. The van der Waals surface area contributed by atoms with Gasteiger partial charge in [0.2, 0.25) is 0 Å². The van der Waals surface area contributed by atoms with Crippen LogP contribution in [0.3, 0.4) is 0 Å². The minimum absolute atomic E-state index is 0.324. The molecule has 4 rings (SSSR count). The summed E-state index contributed by atoms with van der Waals surface area (Å²) in [6.45, 7) is 3.62. The van der Waals surface area contributed by atoms with Crippen LogP contribution < -0.4 is 0 Å². The van der Waals surface area contributed by atoms with Gasteiger partial charge in [-0.3, -0.25) is 0 Å². The minimum Gasteiger partial charge on any atom is -0.463 e. The summed E-state index contributed by atoms with van der Waals surface area (Å²) < 4.78 is 35.4. The van der Waals surface area contributed by atoms with E-state index in [4.69, 9.17) is 4.42 Å². The van der Waals surface area contributed by atoms with Crippen LogP contribution in [-0.4, -0.2) is 28.3 Å². The van der Waals surface area contributed by atoms with Crippen LogP contribution in [0, 0.1) is 11.6 Å². The standard InChI is InChI=1S/C23H21F2N3O/c1-3-27(2)15-18-14-26-28(23(18)22-5-4-12-29-22)21-11-8-17(13-20(21)25)16-6-9-19(24)10-7-16/h4-14H,3,15H2,1-2H3. The molecule has 0 saturated heterocycles. The van der Waals surface area contributed by atoms with Crippen LogP contribution in [0.2, 0.25) is 0 Å². The predicted molar refractivity (Wildman–Crippen MR) is 109 cm³/mol. The van der Waals surface area contributed by atoms with E-state index in [0.717, 1.165) is 23.4 Å². The first-order valence-electron chi connectivity index (χ1n) is 9.42. The molecule has 2 aromatic carbocycles. The van der Waals surface area contributed by atoms with E-state index >= 15 is 4.39 Å². The van der Waals surface area contributed by atoms with Crippen molar-refractivity contribution in [2.24, 2.45) is 0 Å². The van der Waals surface area contributed by atoms with Crippen LogP contribution in [0.5, 0.6) is 0 Å². The highest BCUT2D eigenvalue weighted by molar-refractivity contribution is 5.66. The van der Waals surface area contributed by atoms with Crippen molar-refractivity contribution in [2.45, 2.75) is 13.5 Å². The zero-order valence-electron chi connectivity index (χ0n) is 16.3. The van der Waals surface area contributed by atoms with E-state index in [1.165, 1.54) is 18.2 Å². The summed E-state index contributed by atoms with van der Waals surface area (Å²) in [6, 6.07) is 14.5. The van der Waals surface area contributed by atoms with Crippen LogP contribution in [0.25, 0.3) is 28.3 Å². The summed E-state index contributed by atoms with van der Waals surface area (Å²) in [6.07, 6.45) is 3.34. The highest BCUT2D eigenvalue weighted by atomic mass is 19.1. The van der Waals surface area contributed by atoms with Crippen LogP contribution in [0.15, 0.2) is 71.5 Å². The monoisotopic (exact) mass is 393 g/mol. The quantitative estimate of drug-likeness (QED) is 0.432. The van der Waals surface area contributed by atoms with Crippen LogP contribution in [0.1, 0.15) is 12.5 Å². The average Bonchev–Trinajstić information content (AvgIpc) is 3.38.